The molecule has 1 N–H and O–H groups in total. The number of esters is 1. The molecular weight excluding hydrogens is 376 g/mol. The molecule has 0 aromatic heterocycles. The minimum atomic E-state index is -0.682. The van der Waals surface area contributed by atoms with E-state index in [4.69, 9.17) is 23.7 Å². The Morgan fingerprint density at radius 2 is 1.52 bits per heavy atom. The van der Waals surface area contributed by atoms with Gasteiger partial charge in [-0.25, -0.2) is 4.79 Å². The summed E-state index contributed by atoms with van der Waals surface area (Å²) in [4.78, 5) is 12.3. The van der Waals surface area contributed by atoms with Gasteiger partial charge >= 0.3 is 5.97 Å². The van der Waals surface area contributed by atoms with E-state index in [0.717, 1.165) is 11.1 Å². The Labute approximate surface area is 169 Å². The maximum absolute atomic E-state index is 12.3. The number of rotatable bonds is 10. The Morgan fingerprint density at radius 1 is 0.931 bits per heavy atom. The van der Waals surface area contributed by atoms with Crippen molar-refractivity contribution in [2.45, 2.75) is 25.7 Å². The summed E-state index contributed by atoms with van der Waals surface area (Å²) in [6, 6.07) is 14.8. The molecule has 1 atom stereocenters. The third kappa shape index (κ3) is 5.20. The minimum Gasteiger partial charge on any atom is -0.497 e. The van der Waals surface area contributed by atoms with E-state index in [1.165, 1.54) is 0 Å². The number of ether oxygens (including phenoxy) is 5. The predicted molar refractivity (Wildman–Crippen MR) is 104 cm³/mol. The van der Waals surface area contributed by atoms with Crippen molar-refractivity contribution in [3.8, 4) is 11.5 Å². The molecule has 7 nitrogen and oxygen atoms in total. The second kappa shape index (κ2) is 9.84. The number of hydrogen-bond donors (Lipinski definition) is 1. The van der Waals surface area contributed by atoms with Crippen LogP contribution in [-0.2, 0) is 32.2 Å². The van der Waals surface area contributed by atoms with Gasteiger partial charge in [0.25, 0.3) is 0 Å². The molecule has 0 saturated heterocycles. The Hall–Kier alpha value is -3.19. The molecule has 0 amide bonds. The van der Waals surface area contributed by atoms with Crippen molar-refractivity contribution in [1.82, 2.24) is 0 Å². The molecule has 2 aromatic carbocycles. The van der Waals surface area contributed by atoms with Gasteiger partial charge in [-0.1, -0.05) is 24.3 Å². The largest absolute Gasteiger partial charge is 0.497 e. The molecule has 7 heteroatoms. The summed E-state index contributed by atoms with van der Waals surface area (Å²) in [5.41, 5.74) is 1.70. The molecule has 0 bridgehead atoms. The average molecular weight is 400 g/mol. The first-order chi connectivity index (χ1) is 14.1. The summed E-state index contributed by atoms with van der Waals surface area (Å²) in [5.74, 6) is 1.11. The van der Waals surface area contributed by atoms with Gasteiger partial charge in [0.15, 0.2) is 11.9 Å². The zero-order chi connectivity index (χ0) is 20.6. The zero-order valence-electron chi connectivity index (χ0n) is 16.4. The highest BCUT2D eigenvalue weighted by Crippen LogP contribution is 2.29. The first-order valence-corrected chi connectivity index (χ1v) is 9.22. The van der Waals surface area contributed by atoms with Gasteiger partial charge in [0.05, 0.1) is 14.2 Å². The number of methoxy groups -OCH3 is 2. The second-order valence-corrected chi connectivity index (χ2v) is 6.38. The van der Waals surface area contributed by atoms with Crippen LogP contribution in [0.3, 0.4) is 0 Å². The van der Waals surface area contributed by atoms with Gasteiger partial charge in [-0.15, -0.1) is 0 Å². The van der Waals surface area contributed by atoms with Crippen LogP contribution < -0.4 is 9.47 Å². The van der Waals surface area contributed by atoms with Crippen molar-refractivity contribution in [1.29, 1.82) is 0 Å². The molecule has 1 unspecified atom stereocenters. The standard InChI is InChI=1S/C22H24O7/c1-25-17-7-3-5-15(11-17)13-27-20-19(9-10-23)29-22(24)21(20)28-14-16-6-4-8-18(12-16)26-2/h3-8,11-12,19,23H,9-10,13-14H2,1-2H3. The van der Waals surface area contributed by atoms with E-state index in [1.807, 2.05) is 48.5 Å². The summed E-state index contributed by atoms with van der Waals surface area (Å²) in [6.07, 6.45) is -0.455. The molecule has 1 heterocycles. The summed E-state index contributed by atoms with van der Waals surface area (Å²) in [6.45, 7) is 0.212. The molecule has 0 aliphatic carbocycles. The highest BCUT2D eigenvalue weighted by molar-refractivity contribution is 5.89. The third-order valence-corrected chi connectivity index (χ3v) is 4.39. The van der Waals surface area contributed by atoms with Crippen molar-refractivity contribution >= 4 is 5.97 Å². The molecule has 154 valence electrons. The van der Waals surface area contributed by atoms with Crippen molar-refractivity contribution < 1.29 is 33.6 Å². The third-order valence-electron chi connectivity index (χ3n) is 4.39. The summed E-state index contributed by atoms with van der Waals surface area (Å²) in [5, 5.41) is 9.30. The number of carbonyl (C=O) groups is 1. The fraction of sp³-hybridized carbons (Fsp3) is 0.318. The fourth-order valence-electron chi connectivity index (χ4n) is 2.92. The van der Waals surface area contributed by atoms with Crippen LogP contribution in [0.5, 0.6) is 11.5 Å². The molecule has 0 fully saturated rings. The smallest absolute Gasteiger partial charge is 0.378 e. The van der Waals surface area contributed by atoms with Gasteiger partial charge in [0, 0.05) is 13.0 Å². The predicted octanol–water partition coefficient (Wildman–Crippen LogP) is 2.96. The van der Waals surface area contributed by atoms with E-state index in [-0.39, 0.29) is 37.8 Å². The van der Waals surface area contributed by atoms with E-state index in [0.29, 0.717) is 11.5 Å². The van der Waals surface area contributed by atoms with Crippen LogP contribution in [-0.4, -0.2) is 38.0 Å². The molecule has 0 saturated carbocycles. The SMILES string of the molecule is COc1cccc(COC2=C(OCc3cccc(OC)c3)C(CCO)OC2=O)c1. The van der Waals surface area contributed by atoms with Crippen molar-refractivity contribution in [2.24, 2.45) is 0 Å². The van der Waals surface area contributed by atoms with E-state index < -0.39 is 12.1 Å². The zero-order valence-corrected chi connectivity index (χ0v) is 16.4. The van der Waals surface area contributed by atoms with Crippen molar-refractivity contribution in [3.05, 3.63) is 71.2 Å². The van der Waals surface area contributed by atoms with Gasteiger partial charge < -0.3 is 28.8 Å². The van der Waals surface area contributed by atoms with Gasteiger partial charge in [0.1, 0.15) is 24.7 Å². The van der Waals surface area contributed by atoms with Crippen LogP contribution in [0.25, 0.3) is 0 Å². The molecule has 3 rings (SSSR count). The van der Waals surface area contributed by atoms with Gasteiger partial charge in [-0.2, -0.15) is 0 Å². The molecular formula is C22H24O7. The monoisotopic (exact) mass is 400 g/mol. The number of aliphatic hydroxyl groups excluding tert-OH is 1. The lowest BCUT2D eigenvalue weighted by Crippen LogP contribution is -2.15. The van der Waals surface area contributed by atoms with Crippen LogP contribution in [0, 0.1) is 0 Å². The van der Waals surface area contributed by atoms with Crippen LogP contribution in [0.4, 0.5) is 0 Å². The lowest BCUT2D eigenvalue weighted by Gasteiger charge is -2.14. The van der Waals surface area contributed by atoms with Gasteiger partial charge in [-0.05, 0) is 35.4 Å². The number of benzene rings is 2. The second-order valence-electron chi connectivity index (χ2n) is 6.38. The Balaban J connectivity index is 1.76. The molecule has 0 radical (unpaired) electrons. The topological polar surface area (TPSA) is 83.5 Å². The minimum absolute atomic E-state index is 0.0224. The summed E-state index contributed by atoms with van der Waals surface area (Å²) in [7, 11) is 3.18. The quantitative estimate of drug-likeness (QED) is 0.614. The van der Waals surface area contributed by atoms with Crippen molar-refractivity contribution in [3.63, 3.8) is 0 Å². The Morgan fingerprint density at radius 3 is 2.07 bits per heavy atom. The summed E-state index contributed by atoms with van der Waals surface area (Å²) >= 11 is 0. The van der Waals surface area contributed by atoms with Crippen LogP contribution in [0.2, 0.25) is 0 Å². The van der Waals surface area contributed by atoms with E-state index in [2.05, 4.69) is 0 Å². The fourth-order valence-corrected chi connectivity index (χ4v) is 2.92. The molecule has 29 heavy (non-hydrogen) atoms. The Kier molecular flexibility index (Phi) is 6.97. The lowest BCUT2D eigenvalue weighted by molar-refractivity contribution is -0.143. The van der Waals surface area contributed by atoms with Gasteiger partial charge in [-0.3, -0.25) is 0 Å². The lowest BCUT2D eigenvalue weighted by atomic mass is 10.2. The molecule has 2 aromatic rings. The van der Waals surface area contributed by atoms with Crippen molar-refractivity contribution in [2.75, 3.05) is 20.8 Å². The number of cyclic esters (lactones) is 1. The van der Waals surface area contributed by atoms with Crippen LogP contribution in [0.15, 0.2) is 60.0 Å². The molecule has 1 aliphatic rings. The van der Waals surface area contributed by atoms with E-state index >= 15 is 0 Å². The summed E-state index contributed by atoms with van der Waals surface area (Å²) < 4.78 is 27.4. The highest BCUT2D eigenvalue weighted by Gasteiger charge is 2.37. The highest BCUT2D eigenvalue weighted by atomic mass is 16.6. The molecule has 1 aliphatic heterocycles. The molecule has 0 spiro atoms. The number of carbonyl (C=O) groups excluding carboxylic acids is 1. The number of aliphatic hydroxyl groups is 1. The maximum Gasteiger partial charge on any atom is 0.378 e. The maximum atomic E-state index is 12.3. The number of hydrogen-bond acceptors (Lipinski definition) is 7. The van der Waals surface area contributed by atoms with Crippen LogP contribution in [0.1, 0.15) is 17.5 Å². The van der Waals surface area contributed by atoms with E-state index in [9.17, 15) is 9.90 Å². The first kappa shape index (κ1) is 20.5. The average Bonchev–Trinajstić information content (AvgIpc) is 3.05. The first-order valence-electron chi connectivity index (χ1n) is 9.22. The van der Waals surface area contributed by atoms with E-state index in [1.54, 1.807) is 14.2 Å². The van der Waals surface area contributed by atoms with Gasteiger partial charge in [0.2, 0.25) is 5.76 Å². The Bertz CT molecular complexity index is 875. The normalized spacial score (nSPS) is 15.8. The van der Waals surface area contributed by atoms with Crippen LogP contribution >= 0.6 is 0 Å².